The number of aromatic nitrogens is 2. The molecule has 0 aromatic carbocycles. The predicted molar refractivity (Wildman–Crippen MR) is 92.2 cm³/mol. The van der Waals surface area contributed by atoms with E-state index in [2.05, 4.69) is 21.8 Å². The first-order valence-electron chi connectivity index (χ1n) is 8.77. The summed E-state index contributed by atoms with van der Waals surface area (Å²) in [5.41, 5.74) is 6.02. The van der Waals surface area contributed by atoms with Crippen molar-refractivity contribution in [1.82, 2.24) is 19.8 Å². The number of H-pyrrole nitrogens is 1. The van der Waals surface area contributed by atoms with Gasteiger partial charge in [-0.15, -0.1) is 0 Å². The van der Waals surface area contributed by atoms with E-state index < -0.39 is 0 Å². The van der Waals surface area contributed by atoms with Crippen LogP contribution in [-0.2, 0) is 11.3 Å². The molecule has 1 aromatic rings. The Balaban J connectivity index is 1.56. The smallest absolute Gasteiger partial charge is 0.252 e. The van der Waals surface area contributed by atoms with Gasteiger partial charge in [-0.05, 0) is 38.6 Å². The molecule has 1 saturated heterocycles. The minimum atomic E-state index is -0.232. The summed E-state index contributed by atoms with van der Waals surface area (Å²) in [5.74, 6) is 1.36. The van der Waals surface area contributed by atoms with Gasteiger partial charge in [-0.25, -0.2) is 4.98 Å². The lowest BCUT2D eigenvalue weighted by atomic mass is 10.1. The van der Waals surface area contributed by atoms with Crippen molar-refractivity contribution < 1.29 is 4.79 Å². The Morgan fingerprint density at radius 3 is 2.92 bits per heavy atom. The highest BCUT2D eigenvalue weighted by molar-refractivity contribution is 5.79. The number of likely N-dealkylation sites (tertiary alicyclic amines) is 1. The normalized spacial score (nSPS) is 27.1. The molecule has 0 spiro atoms. The topological polar surface area (TPSA) is 95.3 Å². The number of amides is 1. The van der Waals surface area contributed by atoms with Crippen molar-refractivity contribution in [3.63, 3.8) is 0 Å². The number of carbonyl (C=O) groups is 1. The molecule has 3 rings (SSSR count). The van der Waals surface area contributed by atoms with E-state index in [-0.39, 0.29) is 17.4 Å². The van der Waals surface area contributed by atoms with Crippen LogP contribution in [0.2, 0.25) is 0 Å². The van der Waals surface area contributed by atoms with Gasteiger partial charge >= 0.3 is 0 Å². The van der Waals surface area contributed by atoms with E-state index in [1.807, 2.05) is 11.9 Å². The fourth-order valence-electron chi connectivity index (χ4n) is 3.99. The van der Waals surface area contributed by atoms with E-state index in [0.717, 1.165) is 32.4 Å². The molecule has 1 aromatic heterocycles. The van der Waals surface area contributed by atoms with Crippen LogP contribution in [0, 0.1) is 11.8 Å². The summed E-state index contributed by atoms with van der Waals surface area (Å²) in [5, 5.41) is 0. The molecule has 0 radical (unpaired) electrons. The molecule has 0 bridgehead atoms. The number of anilines is 1. The summed E-state index contributed by atoms with van der Waals surface area (Å²) in [6.07, 6.45) is 4.20. The Morgan fingerprint density at radius 2 is 2.25 bits per heavy atom. The lowest BCUT2D eigenvalue weighted by Gasteiger charge is -2.25. The molecule has 1 saturated carbocycles. The highest BCUT2D eigenvalue weighted by atomic mass is 16.2. The minimum absolute atomic E-state index is 0.143. The van der Waals surface area contributed by atoms with Crippen molar-refractivity contribution in [3.8, 4) is 0 Å². The molecular weight excluding hydrogens is 306 g/mol. The first-order chi connectivity index (χ1) is 11.4. The maximum atomic E-state index is 12.6. The minimum Gasteiger partial charge on any atom is -0.369 e. The first kappa shape index (κ1) is 17.0. The van der Waals surface area contributed by atoms with Crippen molar-refractivity contribution in [2.24, 2.45) is 11.8 Å². The summed E-state index contributed by atoms with van der Waals surface area (Å²) in [6.45, 7) is 4.37. The zero-order valence-electron chi connectivity index (χ0n) is 14.5. The fourth-order valence-corrected chi connectivity index (χ4v) is 3.99. The molecule has 7 heteroatoms. The Morgan fingerprint density at radius 1 is 1.46 bits per heavy atom. The van der Waals surface area contributed by atoms with Crippen LogP contribution in [-0.4, -0.2) is 51.9 Å². The third-order valence-corrected chi connectivity index (χ3v) is 5.37. The van der Waals surface area contributed by atoms with Gasteiger partial charge in [0, 0.05) is 37.7 Å². The molecule has 1 aliphatic carbocycles. The van der Waals surface area contributed by atoms with Gasteiger partial charge in [-0.2, -0.15) is 0 Å². The van der Waals surface area contributed by atoms with Gasteiger partial charge in [0.05, 0.1) is 5.69 Å². The summed E-state index contributed by atoms with van der Waals surface area (Å²) < 4.78 is 0. The SMILES string of the molecule is CC1CCC(C(=O)N2CCC(N(C)Cc3cc(=O)[nH]c(N)n3)C2)C1. The lowest BCUT2D eigenvalue weighted by molar-refractivity contribution is -0.134. The fraction of sp³-hybridized carbons (Fsp3) is 0.706. The van der Waals surface area contributed by atoms with Crippen LogP contribution < -0.4 is 11.3 Å². The van der Waals surface area contributed by atoms with Crippen molar-refractivity contribution in [3.05, 3.63) is 22.1 Å². The Kier molecular flexibility index (Phi) is 4.89. The average Bonchev–Trinajstić information content (AvgIpc) is 3.14. The third kappa shape index (κ3) is 3.77. The van der Waals surface area contributed by atoms with Crippen LogP contribution in [0.5, 0.6) is 0 Å². The molecule has 2 fully saturated rings. The Bertz CT molecular complexity index is 659. The van der Waals surface area contributed by atoms with Crippen LogP contribution >= 0.6 is 0 Å². The quantitative estimate of drug-likeness (QED) is 0.850. The largest absolute Gasteiger partial charge is 0.369 e. The van der Waals surface area contributed by atoms with Gasteiger partial charge in [-0.1, -0.05) is 6.92 Å². The van der Waals surface area contributed by atoms with Gasteiger partial charge in [0.25, 0.3) is 5.56 Å². The summed E-state index contributed by atoms with van der Waals surface area (Å²) >= 11 is 0. The number of likely N-dealkylation sites (N-methyl/N-ethyl adjacent to an activating group) is 1. The summed E-state index contributed by atoms with van der Waals surface area (Å²) in [7, 11) is 2.01. The van der Waals surface area contributed by atoms with Gasteiger partial charge < -0.3 is 10.6 Å². The monoisotopic (exact) mass is 333 g/mol. The van der Waals surface area contributed by atoms with E-state index in [9.17, 15) is 9.59 Å². The van der Waals surface area contributed by atoms with E-state index in [0.29, 0.717) is 30.1 Å². The molecule has 7 nitrogen and oxygen atoms in total. The standard InChI is InChI=1S/C17H27N5O2/c1-11-3-4-12(7-11)16(24)22-6-5-14(10-22)21(2)9-13-8-15(23)20-17(18)19-13/h8,11-12,14H,3-7,9-10H2,1-2H3,(H3,18,19,20,23). The molecule has 3 atom stereocenters. The zero-order valence-corrected chi connectivity index (χ0v) is 14.5. The molecule has 1 aliphatic heterocycles. The molecule has 3 unspecified atom stereocenters. The van der Waals surface area contributed by atoms with Crippen LogP contribution in [0.15, 0.2) is 10.9 Å². The van der Waals surface area contributed by atoms with Crippen LogP contribution in [0.1, 0.15) is 38.3 Å². The Hall–Kier alpha value is -1.89. The van der Waals surface area contributed by atoms with Crippen molar-refractivity contribution in [2.75, 3.05) is 25.9 Å². The molecule has 24 heavy (non-hydrogen) atoms. The second-order valence-corrected chi connectivity index (χ2v) is 7.38. The highest BCUT2D eigenvalue weighted by Crippen LogP contribution is 2.32. The number of nitrogens with one attached hydrogen (secondary N) is 1. The highest BCUT2D eigenvalue weighted by Gasteiger charge is 2.35. The van der Waals surface area contributed by atoms with Gasteiger partial charge in [0.15, 0.2) is 0 Å². The summed E-state index contributed by atoms with van der Waals surface area (Å²) in [6, 6.07) is 1.78. The number of nitrogens with two attached hydrogens (primary N) is 1. The molecular formula is C17H27N5O2. The number of hydrogen-bond donors (Lipinski definition) is 2. The van der Waals surface area contributed by atoms with Crippen molar-refractivity contribution in [2.45, 2.75) is 45.2 Å². The predicted octanol–water partition coefficient (Wildman–Crippen LogP) is 0.821. The number of nitrogens with zero attached hydrogens (tertiary/aromatic N) is 3. The Labute approximate surface area is 142 Å². The first-order valence-corrected chi connectivity index (χ1v) is 8.77. The summed E-state index contributed by atoms with van der Waals surface area (Å²) in [4.78, 5) is 34.9. The van der Waals surface area contributed by atoms with Gasteiger partial charge in [0.1, 0.15) is 0 Å². The maximum absolute atomic E-state index is 12.6. The molecule has 1 amide bonds. The number of rotatable bonds is 4. The second-order valence-electron chi connectivity index (χ2n) is 7.38. The van der Waals surface area contributed by atoms with Crippen LogP contribution in [0.25, 0.3) is 0 Å². The second kappa shape index (κ2) is 6.93. The number of aromatic amines is 1. The van der Waals surface area contributed by atoms with Crippen molar-refractivity contribution >= 4 is 11.9 Å². The van der Waals surface area contributed by atoms with Gasteiger partial charge in [-0.3, -0.25) is 19.5 Å². The van der Waals surface area contributed by atoms with E-state index in [1.54, 1.807) is 0 Å². The van der Waals surface area contributed by atoms with Crippen molar-refractivity contribution in [1.29, 1.82) is 0 Å². The molecule has 132 valence electrons. The third-order valence-electron chi connectivity index (χ3n) is 5.37. The van der Waals surface area contributed by atoms with E-state index in [1.165, 1.54) is 12.5 Å². The van der Waals surface area contributed by atoms with E-state index >= 15 is 0 Å². The number of carbonyl (C=O) groups excluding carboxylic acids is 1. The zero-order chi connectivity index (χ0) is 17.3. The van der Waals surface area contributed by atoms with Crippen LogP contribution in [0.3, 0.4) is 0 Å². The van der Waals surface area contributed by atoms with Gasteiger partial charge in [0.2, 0.25) is 11.9 Å². The molecule has 2 heterocycles. The molecule has 3 N–H and O–H groups in total. The van der Waals surface area contributed by atoms with Crippen LogP contribution in [0.4, 0.5) is 5.95 Å². The maximum Gasteiger partial charge on any atom is 0.252 e. The van der Waals surface area contributed by atoms with E-state index in [4.69, 9.17) is 5.73 Å². The molecule has 2 aliphatic rings. The number of nitrogen functional groups attached to an aromatic ring is 1. The lowest BCUT2D eigenvalue weighted by Crippen LogP contribution is -2.38. The number of hydrogen-bond acceptors (Lipinski definition) is 5. The average molecular weight is 333 g/mol.